The Morgan fingerprint density at radius 1 is 0.519 bits per heavy atom. The molecule has 0 atom stereocenters. The molecule has 6 rings (SSSR count). The van der Waals surface area contributed by atoms with E-state index in [4.69, 9.17) is 20.5 Å². The smallest absolute Gasteiger partial charge is 0.164 e. The summed E-state index contributed by atoms with van der Waals surface area (Å²) in [5, 5.41) is 26.5. The number of nitriles is 3. The number of hydrogen-bond acceptors (Lipinski definition) is 10. The second-order valence-electron chi connectivity index (χ2n) is 13.3. The second-order valence-corrected chi connectivity index (χ2v) is 13.3. The number of rotatable bonds is 9. The molecule has 13 heteroatoms. The van der Waals surface area contributed by atoms with Gasteiger partial charge in [0.1, 0.15) is 18.2 Å². The van der Waals surface area contributed by atoms with Crippen LogP contribution in [0.15, 0.2) is 54.6 Å². The third-order valence-corrected chi connectivity index (χ3v) is 10.0. The molecular formula is C41H52F3N9O. The summed E-state index contributed by atoms with van der Waals surface area (Å²) in [6, 6.07) is 20.7. The van der Waals surface area contributed by atoms with Gasteiger partial charge in [0, 0.05) is 92.2 Å². The second kappa shape index (κ2) is 21.8. The van der Waals surface area contributed by atoms with E-state index < -0.39 is 5.82 Å². The van der Waals surface area contributed by atoms with Crippen LogP contribution in [0.3, 0.4) is 0 Å². The molecule has 0 N–H and O–H groups in total. The summed E-state index contributed by atoms with van der Waals surface area (Å²) in [5.74, 6) is -1.18. The molecule has 0 bridgehead atoms. The monoisotopic (exact) mass is 743 g/mol. The Labute approximate surface area is 318 Å². The normalized spacial score (nSPS) is 16.6. The van der Waals surface area contributed by atoms with Crippen molar-refractivity contribution in [3.63, 3.8) is 0 Å². The van der Waals surface area contributed by atoms with Crippen LogP contribution >= 0.6 is 0 Å². The number of ether oxygens (including phenoxy) is 1. The average Bonchev–Trinajstić information content (AvgIpc) is 3.21. The molecule has 3 aromatic carbocycles. The van der Waals surface area contributed by atoms with Gasteiger partial charge in [0.2, 0.25) is 0 Å². The minimum atomic E-state index is -0.407. The standard InChI is InChI=1S/C14H18FN3O.C14H18FN3.C13H16FN3/c1-19-10-9-17-5-7-18(8-6-17)13-4-2-3-12(11-16)14(13)15;1-2-6-17-7-9-18(10-8-17)13-5-3-4-12(11-16)14(13)15;1-2-16-6-8-17(9-7-16)12-5-3-4-11(10-15)13(12)14/h2-4H,5-10H2,1H3;3-5H,2,6-10H2,1H3;3-5H,2,6-9H2,1H3. The molecule has 3 fully saturated rings. The van der Waals surface area contributed by atoms with Crippen LogP contribution < -0.4 is 14.7 Å². The summed E-state index contributed by atoms with van der Waals surface area (Å²) in [7, 11) is 1.69. The first kappa shape index (κ1) is 41.9. The van der Waals surface area contributed by atoms with Gasteiger partial charge in [-0.15, -0.1) is 0 Å². The van der Waals surface area contributed by atoms with Gasteiger partial charge in [0.25, 0.3) is 0 Å². The predicted molar refractivity (Wildman–Crippen MR) is 207 cm³/mol. The zero-order valence-corrected chi connectivity index (χ0v) is 31.8. The third kappa shape index (κ3) is 11.3. The summed E-state index contributed by atoms with van der Waals surface area (Å²) in [6.07, 6.45) is 1.15. The lowest BCUT2D eigenvalue weighted by molar-refractivity contribution is 0.144. The van der Waals surface area contributed by atoms with Crippen molar-refractivity contribution in [3.8, 4) is 18.2 Å². The van der Waals surface area contributed by atoms with Crippen molar-refractivity contribution >= 4 is 17.1 Å². The largest absolute Gasteiger partial charge is 0.383 e. The minimum Gasteiger partial charge on any atom is -0.383 e. The van der Waals surface area contributed by atoms with Crippen LogP contribution in [-0.2, 0) is 4.74 Å². The summed E-state index contributed by atoms with van der Waals surface area (Å²) < 4.78 is 47.1. The maximum Gasteiger partial charge on any atom is 0.164 e. The van der Waals surface area contributed by atoms with E-state index in [-0.39, 0.29) is 28.3 Å². The van der Waals surface area contributed by atoms with Crippen LogP contribution in [-0.4, -0.2) is 127 Å². The molecule has 54 heavy (non-hydrogen) atoms. The lowest BCUT2D eigenvalue weighted by Gasteiger charge is -2.36. The predicted octanol–water partition coefficient (Wildman–Crippen LogP) is 5.53. The van der Waals surface area contributed by atoms with Gasteiger partial charge in [-0.3, -0.25) is 9.80 Å². The quantitative estimate of drug-likeness (QED) is 0.278. The van der Waals surface area contributed by atoms with Crippen molar-refractivity contribution < 1.29 is 17.9 Å². The highest BCUT2D eigenvalue weighted by Crippen LogP contribution is 2.25. The molecule has 3 saturated heterocycles. The Morgan fingerprint density at radius 3 is 1.15 bits per heavy atom. The maximum atomic E-state index is 14.1. The molecule has 0 aliphatic carbocycles. The minimum absolute atomic E-state index is 0.110. The highest BCUT2D eigenvalue weighted by atomic mass is 19.1. The van der Waals surface area contributed by atoms with Crippen LogP contribution in [0.25, 0.3) is 0 Å². The molecule has 3 aliphatic heterocycles. The maximum absolute atomic E-state index is 14.1. The average molecular weight is 744 g/mol. The summed E-state index contributed by atoms with van der Waals surface area (Å²) in [6.45, 7) is 18.5. The molecule has 288 valence electrons. The van der Waals surface area contributed by atoms with Crippen LogP contribution in [0.4, 0.5) is 30.2 Å². The van der Waals surface area contributed by atoms with E-state index in [0.717, 1.165) is 111 Å². The Morgan fingerprint density at radius 2 is 0.852 bits per heavy atom. The van der Waals surface area contributed by atoms with Crippen molar-refractivity contribution in [2.24, 2.45) is 0 Å². The van der Waals surface area contributed by atoms with Gasteiger partial charge in [-0.2, -0.15) is 15.8 Å². The number of likely N-dealkylation sites (N-methyl/N-ethyl adjacent to an activating group) is 1. The Hall–Kier alpha value is -4.84. The van der Waals surface area contributed by atoms with Crippen molar-refractivity contribution in [2.75, 3.05) is 127 Å². The molecule has 0 aromatic heterocycles. The SMILES string of the molecule is CCCN1CCN(c2cccc(C#N)c2F)CC1.CCN1CCN(c2cccc(C#N)c2F)CC1.COCCN1CCN(c2cccc(C#N)c2F)CC1. The van der Waals surface area contributed by atoms with Gasteiger partial charge < -0.3 is 24.3 Å². The zero-order valence-electron chi connectivity index (χ0n) is 31.8. The van der Waals surface area contributed by atoms with E-state index in [1.54, 1.807) is 43.5 Å². The molecular weight excluding hydrogens is 692 g/mol. The number of hydrogen-bond donors (Lipinski definition) is 0. The number of nitrogens with zero attached hydrogens (tertiary/aromatic N) is 9. The summed E-state index contributed by atoms with van der Waals surface area (Å²) >= 11 is 0. The Kier molecular flexibility index (Phi) is 16.9. The van der Waals surface area contributed by atoms with Crippen LogP contribution in [0.2, 0.25) is 0 Å². The number of halogens is 3. The van der Waals surface area contributed by atoms with Crippen molar-refractivity contribution in [2.45, 2.75) is 20.3 Å². The Bertz CT molecular complexity index is 1750. The van der Waals surface area contributed by atoms with Crippen molar-refractivity contribution in [1.82, 2.24) is 14.7 Å². The van der Waals surface area contributed by atoms with Gasteiger partial charge in [-0.1, -0.05) is 32.0 Å². The fourth-order valence-corrected chi connectivity index (χ4v) is 6.82. The summed E-state index contributed by atoms with van der Waals surface area (Å²) in [5.41, 5.74) is 2.01. The first-order chi connectivity index (χ1) is 26.3. The molecule has 10 nitrogen and oxygen atoms in total. The first-order valence-corrected chi connectivity index (χ1v) is 18.7. The van der Waals surface area contributed by atoms with Gasteiger partial charge in [-0.25, -0.2) is 13.2 Å². The van der Waals surface area contributed by atoms with E-state index in [2.05, 4.69) is 28.5 Å². The fraction of sp³-hybridized carbons (Fsp3) is 0.488. The third-order valence-electron chi connectivity index (χ3n) is 10.0. The molecule has 3 heterocycles. The van der Waals surface area contributed by atoms with E-state index in [1.807, 2.05) is 32.9 Å². The molecule has 0 spiro atoms. The van der Waals surface area contributed by atoms with Crippen LogP contribution in [0.1, 0.15) is 37.0 Å². The van der Waals surface area contributed by atoms with E-state index in [0.29, 0.717) is 17.1 Å². The zero-order chi connectivity index (χ0) is 38.9. The highest BCUT2D eigenvalue weighted by molar-refractivity contribution is 5.55. The summed E-state index contributed by atoms with van der Waals surface area (Å²) in [4.78, 5) is 13.1. The number of methoxy groups -OCH3 is 1. The topological polar surface area (TPSA) is 100 Å². The number of anilines is 3. The van der Waals surface area contributed by atoms with Crippen molar-refractivity contribution in [1.29, 1.82) is 15.8 Å². The van der Waals surface area contributed by atoms with Gasteiger partial charge >= 0.3 is 0 Å². The Balaban J connectivity index is 0.000000181. The molecule has 3 aliphatic rings. The van der Waals surface area contributed by atoms with Gasteiger partial charge in [-0.05, 0) is 55.9 Å². The highest BCUT2D eigenvalue weighted by Gasteiger charge is 2.22. The van der Waals surface area contributed by atoms with Gasteiger partial charge in [0.05, 0.1) is 40.4 Å². The molecule has 0 radical (unpaired) electrons. The first-order valence-electron chi connectivity index (χ1n) is 18.7. The van der Waals surface area contributed by atoms with E-state index in [1.165, 1.54) is 18.2 Å². The van der Waals surface area contributed by atoms with Crippen molar-refractivity contribution in [3.05, 3.63) is 88.7 Å². The number of piperazine rings is 3. The van der Waals surface area contributed by atoms with Gasteiger partial charge in [0.15, 0.2) is 17.5 Å². The van der Waals surface area contributed by atoms with E-state index >= 15 is 0 Å². The van der Waals surface area contributed by atoms with Crippen LogP contribution in [0, 0.1) is 51.4 Å². The lowest BCUT2D eigenvalue weighted by atomic mass is 10.1. The van der Waals surface area contributed by atoms with Crippen LogP contribution in [0.5, 0.6) is 0 Å². The molecule has 3 aromatic rings. The molecule has 0 unspecified atom stereocenters. The molecule has 0 saturated carbocycles. The fourth-order valence-electron chi connectivity index (χ4n) is 6.82. The number of benzene rings is 3. The van der Waals surface area contributed by atoms with E-state index in [9.17, 15) is 13.2 Å². The molecule has 0 amide bonds. The lowest BCUT2D eigenvalue weighted by Crippen LogP contribution is -2.47.